The van der Waals surface area contributed by atoms with Gasteiger partial charge < -0.3 is 5.32 Å². The van der Waals surface area contributed by atoms with Gasteiger partial charge >= 0.3 is 0 Å². The second-order valence-electron chi connectivity index (χ2n) is 4.94. The van der Waals surface area contributed by atoms with Crippen LogP contribution in [0.1, 0.15) is 41.3 Å². The highest BCUT2D eigenvalue weighted by Gasteiger charge is 2.04. The van der Waals surface area contributed by atoms with Gasteiger partial charge in [0, 0.05) is 12.1 Å². The van der Waals surface area contributed by atoms with E-state index in [1.165, 1.54) is 5.56 Å². The molecule has 0 heterocycles. The largest absolute Gasteiger partial charge is 0.348 e. The van der Waals surface area contributed by atoms with E-state index in [9.17, 15) is 4.79 Å². The first-order chi connectivity index (χ1) is 9.16. The van der Waals surface area contributed by atoms with Gasteiger partial charge in [0.1, 0.15) is 0 Å². The Morgan fingerprint density at radius 2 is 1.63 bits per heavy atom. The van der Waals surface area contributed by atoms with Gasteiger partial charge in [-0.1, -0.05) is 56.3 Å². The fraction of sp³-hybridized carbons (Fsp3) is 0.235. The Hall–Kier alpha value is -2.09. The van der Waals surface area contributed by atoms with Gasteiger partial charge in [0.2, 0.25) is 0 Å². The van der Waals surface area contributed by atoms with Crippen molar-refractivity contribution in [2.75, 3.05) is 0 Å². The molecular formula is C17H19NO. The highest BCUT2D eigenvalue weighted by Crippen LogP contribution is 2.14. The molecule has 0 radical (unpaired) electrons. The summed E-state index contributed by atoms with van der Waals surface area (Å²) >= 11 is 0. The van der Waals surface area contributed by atoms with E-state index < -0.39 is 0 Å². The number of amides is 1. The number of hydrogen-bond acceptors (Lipinski definition) is 1. The Labute approximate surface area is 114 Å². The molecule has 2 nitrogen and oxygen atoms in total. The zero-order valence-corrected chi connectivity index (χ0v) is 11.4. The molecule has 2 aromatic carbocycles. The average Bonchev–Trinajstić information content (AvgIpc) is 2.46. The minimum atomic E-state index is -0.0338. The summed E-state index contributed by atoms with van der Waals surface area (Å²) in [6.07, 6.45) is 0. The van der Waals surface area contributed by atoms with Gasteiger partial charge in [0.25, 0.3) is 5.91 Å². The van der Waals surface area contributed by atoms with Crippen molar-refractivity contribution in [3.63, 3.8) is 0 Å². The molecule has 2 rings (SSSR count). The molecule has 0 unspecified atom stereocenters. The molecule has 2 heteroatoms. The lowest BCUT2D eigenvalue weighted by molar-refractivity contribution is 0.0951. The van der Waals surface area contributed by atoms with E-state index in [2.05, 4.69) is 43.4 Å². The lowest BCUT2D eigenvalue weighted by Gasteiger charge is -2.08. The molecule has 0 saturated heterocycles. The molecule has 0 aromatic heterocycles. The standard InChI is InChI=1S/C17H19NO/c1-13(2)15-10-8-14(9-11-15)12-18-17(19)16-6-4-3-5-7-16/h3-11,13H,12H2,1-2H3,(H,18,19). The van der Waals surface area contributed by atoms with Gasteiger partial charge in [-0.05, 0) is 29.2 Å². The molecule has 19 heavy (non-hydrogen) atoms. The van der Waals surface area contributed by atoms with Gasteiger partial charge in [-0.15, -0.1) is 0 Å². The lowest BCUT2D eigenvalue weighted by atomic mass is 10.0. The van der Waals surface area contributed by atoms with Crippen LogP contribution in [0, 0.1) is 0 Å². The van der Waals surface area contributed by atoms with E-state index in [4.69, 9.17) is 0 Å². The summed E-state index contributed by atoms with van der Waals surface area (Å²) in [7, 11) is 0. The number of benzene rings is 2. The van der Waals surface area contributed by atoms with Crippen LogP contribution >= 0.6 is 0 Å². The Kier molecular flexibility index (Phi) is 4.35. The number of carbonyl (C=O) groups is 1. The fourth-order valence-electron chi connectivity index (χ4n) is 1.89. The van der Waals surface area contributed by atoms with Crippen LogP contribution in [0.15, 0.2) is 54.6 Å². The van der Waals surface area contributed by atoms with Crippen LogP contribution in [0.25, 0.3) is 0 Å². The third-order valence-electron chi connectivity index (χ3n) is 3.14. The van der Waals surface area contributed by atoms with E-state index in [1.54, 1.807) is 0 Å². The van der Waals surface area contributed by atoms with Crippen LogP contribution < -0.4 is 5.32 Å². The molecule has 0 aliphatic rings. The summed E-state index contributed by atoms with van der Waals surface area (Å²) in [6, 6.07) is 17.7. The number of rotatable bonds is 4. The van der Waals surface area contributed by atoms with Crippen molar-refractivity contribution in [3.05, 3.63) is 71.3 Å². The summed E-state index contributed by atoms with van der Waals surface area (Å²) in [6.45, 7) is 4.91. The van der Waals surface area contributed by atoms with Crippen molar-refractivity contribution in [2.24, 2.45) is 0 Å². The minimum absolute atomic E-state index is 0.0338. The molecule has 0 atom stereocenters. The minimum Gasteiger partial charge on any atom is -0.348 e. The molecule has 0 aliphatic carbocycles. The monoisotopic (exact) mass is 253 g/mol. The SMILES string of the molecule is CC(C)c1ccc(CNC(=O)c2ccccc2)cc1. The third-order valence-corrected chi connectivity index (χ3v) is 3.14. The third kappa shape index (κ3) is 3.68. The first-order valence-electron chi connectivity index (χ1n) is 6.59. The molecule has 98 valence electrons. The predicted octanol–water partition coefficient (Wildman–Crippen LogP) is 3.74. The number of carbonyl (C=O) groups excluding carboxylic acids is 1. The van der Waals surface area contributed by atoms with Crippen molar-refractivity contribution in [1.82, 2.24) is 5.32 Å². The predicted molar refractivity (Wildman–Crippen MR) is 78.1 cm³/mol. The van der Waals surface area contributed by atoms with Crippen molar-refractivity contribution in [2.45, 2.75) is 26.3 Å². The quantitative estimate of drug-likeness (QED) is 0.883. The van der Waals surface area contributed by atoms with E-state index in [0.717, 1.165) is 5.56 Å². The Morgan fingerprint density at radius 1 is 1.00 bits per heavy atom. The van der Waals surface area contributed by atoms with Crippen molar-refractivity contribution < 1.29 is 4.79 Å². The lowest BCUT2D eigenvalue weighted by Crippen LogP contribution is -2.22. The zero-order chi connectivity index (χ0) is 13.7. The van der Waals surface area contributed by atoms with E-state index in [0.29, 0.717) is 18.0 Å². The summed E-state index contributed by atoms with van der Waals surface area (Å²) in [5.41, 5.74) is 3.13. The summed E-state index contributed by atoms with van der Waals surface area (Å²) in [5.74, 6) is 0.501. The molecule has 0 fully saturated rings. The normalized spacial score (nSPS) is 10.5. The Bertz CT molecular complexity index is 529. The molecule has 0 bridgehead atoms. The van der Waals surface area contributed by atoms with Crippen molar-refractivity contribution >= 4 is 5.91 Å². The summed E-state index contributed by atoms with van der Waals surface area (Å²) in [4.78, 5) is 11.9. The van der Waals surface area contributed by atoms with Crippen LogP contribution in [0.5, 0.6) is 0 Å². The van der Waals surface area contributed by atoms with Gasteiger partial charge in [0.15, 0.2) is 0 Å². The first kappa shape index (κ1) is 13.3. The van der Waals surface area contributed by atoms with Gasteiger partial charge in [-0.2, -0.15) is 0 Å². The van der Waals surface area contributed by atoms with E-state index in [-0.39, 0.29) is 5.91 Å². The summed E-state index contributed by atoms with van der Waals surface area (Å²) < 4.78 is 0. The average molecular weight is 253 g/mol. The first-order valence-corrected chi connectivity index (χ1v) is 6.59. The second-order valence-corrected chi connectivity index (χ2v) is 4.94. The van der Waals surface area contributed by atoms with Crippen LogP contribution in [0.3, 0.4) is 0 Å². The highest BCUT2D eigenvalue weighted by atomic mass is 16.1. The molecule has 0 saturated carbocycles. The highest BCUT2D eigenvalue weighted by molar-refractivity contribution is 5.94. The van der Waals surface area contributed by atoms with Gasteiger partial charge in [0.05, 0.1) is 0 Å². The molecule has 2 aromatic rings. The molecule has 0 aliphatic heterocycles. The topological polar surface area (TPSA) is 29.1 Å². The number of hydrogen-bond donors (Lipinski definition) is 1. The summed E-state index contributed by atoms with van der Waals surface area (Å²) in [5, 5.41) is 2.92. The Balaban J connectivity index is 1.94. The smallest absolute Gasteiger partial charge is 0.251 e. The van der Waals surface area contributed by atoms with E-state index in [1.807, 2.05) is 30.3 Å². The maximum absolute atomic E-state index is 11.9. The number of nitrogens with one attached hydrogen (secondary N) is 1. The molecular weight excluding hydrogens is 234 g/mol. The zero-order valence-electron chi connectivity index (χ0n) is 11.4. The van der Waals surface area contributed by atoms with Crippen LogP contribution in [-0.2, 0) is 6.54 Å². The van der Waals surface area contributed by atoms with Crippen LogP contribution in [-0.4, -0.2) is 5.91 Å². The van der Waals surface area contributed by atoms with Crippen molar-refractivity contribution in [3.8, 4) is 0 Å². The van der Waals surface area contributed by atoms with Crippen molar-refractivity contribution in [1.29, 1.82) is 0 Å². The Morgan fingerprint density at radius 3 is 2.21 bits per heavy atom. The molecule has 1 amide bonds. The fourth-order valence-corrected chi connectivity index (χ4v) is 1.89. The maximum atomic E-state index is 11.9. The van der Waals surface area contributed by atoms with E-state index >= 15 is 0 Å². The van der Waals surface area contributed by atoms with Crippen LogP contribution in [0.4, 0.5) is 0 Å². The van der Waals surface area contributed by atoms with Crippen LogP contribution in [0.2, 0.25) is 0 Å². The second kappa shape index (κ2) is 6.19. The van der Waals surface area contributed by atoms with Gasteiger partial charge in [-0.3, -0.25) is 4.79 Å². The molecule has 1 N–H and O–H groups in total. The maximum Gasteiger partial charge on any atom is 0.251 e. The molecule has 0 spiro atoms. The van der Waals surface area contributed by atoms with Gasteiger partial charge in [-0.25, -0.2) is 0 Å².